The average molecular weight is 371 g/mol. The van der Waals surface area contributed by atoms with Crippen molar-refractivity contribution in [2.45, 2.75) is 6.10 Å². The maximum Gasteiger partial charge on any atom is 0.334 e. The zero-order valence-corrected chi connectivity index (χ0v) is 14.7. The predicted molar refractivity (Wildman–Crippen MR) is 97.2 cm³/mol. The maximum atomic E-state index is 12.8. The number of rotatable bonds is 7. The van der Waals surface area contributed by atoms with Gasteiger partial charge in [-0.3, -0.25) is 4.79 Å². The molecule has 1 N–H and O–H groups in total. The molecular formula is C20H21NO6. The first kappa shape index (κ1) is 18.7. The Morgan fingerprint density at radius 3 is 2.52 bits per heavy atom. The molecule has 2 aromatic rings. The van der Waals surface area contributed by atoms with Crippen LogP contribution in [0.2, 0.25) is 0 Å². The summed E-state index contributed by atoms with van der Waals surface area (Å²) in [6.07, 6.45) is -1.00. The van der Waals surface area contributed by atoms with E-state index in [2.05, 4.69) is 0 Å². The minimum Gasteiger partial charge on any atom is -0.490 e. The van der Waals surface area contributed by atoms with Gasteiger partial charge in [-0.05, 0) is 24.3 Å². The molecule has 2 aromatic carbocycles. The Morgan fingerprint density at radius 2 is 1.74 bits per heavy atom. The van der Waals surface area contributed by atoms with Crippen LogP contribution in [0.15, 0.2) is 54.6 Å². The number of carboxylic acid groups (broad SMARTS) is 1. The third-order valence-electron chi connectivity index (χ3n) is 4.10. The van der Waals surface area contributed by atoms with Crippen molar-refractivity contribution in [3.63, 3.8) is 0 Å². The molecule has 142 valence electrons. The van der Waals surface area contributed by atoms with Gasteiger partial charge in [0.25, 0.3) is 5.91 Å². The molecule has 0 radical (unpaired) electrons. The smallest absolute Gasteiger partial charge is 0.334 e. The Hall–Kier alpha value is -3.06. The molecule has 0 bridgehead atoms. The lowest BCUT2D eigenvalue weighted by Crippen LogP contribution is -2.48. The normalized spacial score (nSPS) is 16.6. The molecule has 0 unspecified atom stereocenters. The number of amides is 1. The van der Waals surface area contributed by atoms with Crippen molar-refractivity contribution in [3.05, 3.63) is 60.2 Å². The number of ether oxygens (including phenoxy) is 3. The van der Waals surface area contributed by atoms with Crippen LogP contribution in [0.3, 0.4) is 0 Å². The first-order valence-corrected chi connectivity index (χ1v) is 8.68. The van der Waals surface area contributed by atoms with Crippen LogP contribution in [-0.4, -0.2) is 60.9 Å². The predicted octanol–water partition coefficient (Wildman–Crippen LogP) is 2.07. The monoisotopic (exact) mass is 371 g/mol. The average Bonchev–Trinajstić information content (AvgIpc) is 2.72. The number of morpholine rings is 1. The van der Waals surface area contributed by atoms with Gasteiger partial charge >= 0.3 is 5.97 Å². The van der Waals surface area contributed by atoms with E-state index in [4.69, 9.17) is 19.3 Å². The summed E-state index contributed by atoms with van der Waals surface area (Å²) in [5.41, 5.74) is 0.392. The van der Waals surface area contributed by atoms with Gasteiger partial charge in [-0.25, -0.2) is 4.79 Å². The summed E-state index contributed by atoms with van der Waals surface area (Å²) >= 11 is 0. The van der Waals surface area contributed by atoms with Crippen molar-refractivity contribution in [1.29, 1.82) is 0 Å². The molecule has 0 saturated carbocycles. The highest BCUT2D eigenvalue weighted by Gasteiger charge is 2.30. The molecule has 7 heteroatoms. The molecule has 0 aromatic heterocycles. The largest absolute Gasteiger partial charge is 0.490 e. The Kier molecular flexibility index (Phi) is 6.27. The third kappa shape index (κ3) is 4.98. The molecule has 1 aliphatic heterocycles. The molecule has 1 heterocycles. The Labute approximate surface area is 157 Å². The number of carbonyl (C=O) groups excluding carboxylic acids is 1. The molecule has 1 amide bonds. The fourth-order valence-electron chi connectivity index (χ4n) is 2.75. The van der Waals surface area contributed by atoms with Crippen molar-refractivity contribution in [2.75, 3.05) is 32.9 Å². The molecule has 27 heavy (non-hydrogen) atoms. The first-order valence-electron chi connectivity index (χ1n) is 8.68. The fraction of sp³-hybridized carbons (Fsp3) is 0.300. The van der Waals surface area contributed by atoms with E-state index in [1.807, 2.05) is 30.3 Å². The summed E-state index contributed by atoms with van der Waals surface area (Å²) in [6, 6.07) is 16.3. The lowest BCUT2D eigenvalue weighted by molar-refractivity contribution is -0.154. The van der Waals surface area contributed by atoms with Crippen LogP contribution in [0.4, 0.5) is 0 Å². The fourth-order valence-corrected chi connectivity index (χ4v) is 2.75. The van der Waals surface area contributed by atoms with E-state index >= 15 is 0 Å². The topological polar surface area (TPSA) is 85.3 Å². The van der Waals surface area contributed by atoms with E-state index in [0.717, 1.165) is 5.75 Å². The Balaban J connectivity index is 1.59. The zero-order valence-electron chi connectivity index (χ0n) is 14.7. The summed E-state index contributed by atoms with van der Waals surface area (Å²) in [4.78, 5) is 25.4. The van der Waals surface area contributed by atoms with Crippen LogP contribution in [-0.2, 0) is 9.53 Å². The van der Waals surface area contributed by atoms with Gasteiger partial charge in [-0.2, -0.15) is 0 Å². The highest BCUT2D eigenvalue weighted by molar-refractivity contribution is 5.97. The van der Waals surface area contributed by atoms with Crippen molar-refractivity contribution in [3.8, 4) is 11.5 Å². The second kappa shape index (κ2) is 9.05. The Bertz CT molecular complexity index is 779. The summed E-state index contributed by atoms with van der Waals surface area (Å²) in [7, 11) is 0. The SMILES string of the molecule is O=C(O)[C@@H]1CN(C(=O)c2ccccc2OCCOc2ccccc2)CCO1. The number of nitrogens with zero attached hydrogens (tertiary/aromatic N) is 1. The van der Waals surface area contributed by atoms with Crippen LogP contribution in [0.25, 0.3) is 0 Å². The number of carbonyl (C=O) groups is 2. The van der Waals surface area contributed by atoms with E-state index in [1.165, 1.54) is 4.90 Å². The molecule has 7 nitrogen and oxygen atoms in total. The lowest BCUT2D eigenvalue weighted by atomic mass is 10.1. The molecular weight excluding hydrogens is 350 g/mol. The van der Waals surface area contributed by atoms with Crippen molar-refractivity contribution < 1.29 is 28.9 Å². The van der Waals surface area contributed by atoms with Gasteiger partial charge in [-0.1, -0.05) is 30.3 Å². The minimum absolute atomic E-state index is 0.0135. The van der Waals surface area contributed by atoms with Crippen LogP contribution in [0.5, 0.6) is 11.5 Å². The summed E-state index contributed by atoms with van der Waals surface area (Å²) in [5.74, 6) is -0.157. The summed E-state index contributed by atoms with van der Waals surface area (Å²) in [6.45, 7) is 1.16. The van der Waals surface area contributed by atoms with Crippen molar-refractivity contribution in [2.24, 2.45) is 0 Å². The number of carboxylic acids is 1. The number of aliphatic carboxylic acids is 1. The highest BCUT2D eigenvalue weighted by atomic mass is 16.5. The van der Waals surface area contributed by atoms with Gasteiger partial charge in [-0.15, -0.1) is 0 Å². The molecule has 3 rings (SSSR count). The summed E-state index contributed by atoms with van der Waals surface area (Å²) in [5, 5.41) is 9.10. The molecule has 1 saturated heterocycles. The second-order valence-electron chi connectivity index (χ2n) is 5.95. The highest BCUT2D eigenvalue weighted by Crippen LogP contribution is 2.21. The van der Waals surface area contributed by atoms with Gasteiger partial charge in [0.1, 0.15) is 24.7 Å². The molecule has 0 aliphatic carbocycles. The van der Waals surface area contributed by atoms with E-state index in [9.17, 15) is 9.59 Å². The minimum atomic E-state index is -1.07. The zero-order chi connectivity index (χ0) is 19.1. The number of hydrogen-bond donors (Lipinski definition) is 1. The molecule has 1 fully saturated rings. The standard InChI is InChI=1S/C20H21NO6/c22-19(21-10-11-26-18(14-21)20(23)24)16-8-4-5-9-17(16)27-13-12-25-15-6-2-1-3-7-15/h1-9,18H,10-14H2,(H,23,24)/t18-/m0/s1. The van der Waals surface area contributed by atoms with E-state index in [0.29, 0.717) is 24.5 Å². The van der Waals surface area contributed by atoms with Gasteiger partial charge in [0.2, 0.25) is 0 Å². The summed E-state index contributed by atoms with van der Waals surface area (Å²) < 4.78 is 16.5. The molecule has 1 aliphatic rings. The molecule has 1 atom stereocenters. The van der Waals surface area contributed by atoms with E-state index < -0.39 is 12.1 Å². The van der Waals surface area contributed by atoms with Gasteiger partial charge in [0, 0.05) is 6.54 Å². The van der Waals surface area contributed by atoms with Crippen LogP contribution < -0.4 is 9.47 Å². The van der Waals surface area contributed by atoms with E-state index in [1.54, 1.807) is 24.3 Å². The van der Waals surface area contributed by atoms with Gasteiger partial charge in [0.05, 0.1) is 18.7 Å². The number of benzene rings is 2. The van der Waals surface area contributed by atoms with Gasteiger partial charge < -0.3 is 24.2 Å². The van der Waals surface area contributed by atoms with Crippen LogP contribution in [0.1, 0.15) is 10.4 Å². The number of para-hydroxylation sites is 2. The van der Waals surface area contributed by atoms with Crippen LogP contribution >= 0.6 is 0 Å². The maximum absolute atomic E-state index is 12.8. The second-order valence-corrected chi connectivity index (χ2v) is 5.95. The van der Waals surface area contributed by atoms with Crippen molar-refractivity contribution in [1.82, 2.24) is 4.90 Å². The van der Waals surface area contributed by atoms with Gasteiger partial charge in [0.15, 0.2) is 6.10 Å². The lowest BCUT2D eigenvalue weighted by Gasteiger charge is -2.31. The number of hydrogen-bond acceptors (Lipinski definition) is 5. The van der Waals surface area contributed by atoms with Crippen molar-refractivity contribution >= 4 is 11.9 Å². The Morgan fingerprint density at radius 1 is 1.04 bits per heavy atom. The van der Waals surface area contributed by atoms with E-state index in [-0.39, 0.29) is 25.7 Å². The van der Waals surface area contributed by atoms with Crippen LogP contribution in [0, 0.1) is 0 Å². The quantitative estimate of drug-likeness (QED) is 0.750. The third-order valence-corrected chi connectivity index (χ3v) is 4.10. The first-order chi connectivity index (χ1) is 13.1. The molecule has 0 spiro atoms.